The Morgan fingerprint density at radius 2 is 1.19 bits per heavy atom. The van der Waals surface area contributed by atoms with Crippen LogP contribution in [0.2, 0.25) is 0 Å². The molecular formula is C32H48O4. The minimum atomic E-state index is 0.0707. The van der Waals surface area contributed by atoms with Gasteiger partial charge >= 0.3 is 0 Å². The second-order valence-electron chi connectivity index (χ2n) is 9.55. The molecule has 4 heteroatoms. The maximum Gasteiger partial charge on any atom is 0.167 e. The highest BCUT2D eigenvalue weighted by Gasteiger charge is 2.19. The van der Waals surface area contributed by atoms with Crippen LogP contribution in [0.4, 0.5) is 0 Å². The molecule has 0 aromatic heterocycles. The van der Waals surface area contributed by atoms with Gasteiger partial charge in [-0.2, -0.15) is 0 Å². The third kappa shape index (κ3) is 8.57. The zero-order valence-corrected chi connectivity index (χ0v) is 23.7. The smallest absolute Gasteiger partial charge is 0.167 e. The van der Waals surface area contributed by atoms with Crippen molar-refractivity contribution in [2.45, 2.75) is 125 Å². The van der Waals surface area contributed by atoms with Gasteiger partial charge in [0, 0.05) is 6.42 Å². The molecule has 4 nitrogen and oxygen atoms in total. The number of rotatable bonds is 17. The summed E-state index contributed by atoms with van der Waals surface area (Å²) in [6, 6.07) is 12.1. The maximum absolute atomic E-state index is 13.6. The van der Waals surface area contributed by atoms with Gasteiger partial charge in [0.1, 0.15) is 17.2 Å². The van der Waals surface area contributed by atoms with E-state index in [0.29, 0.717) is 24.2 Å². The molecule has 0 aliphatic rings. The van der Waals surface area contributed by atoms with E-state index in [1.54, 1.807) is 0 Å². The fraction of sp³-hybridized carbons (Fsp3) is 0.594. The number of ether oxygens (including phenoxy) is 3. The normalized spacial score (nSPS) is 11.4. The summed E-state index contributed by atoms with van der Waals surface area (Å²) >= 11 is 0. The molecule has 0 bridgehead atoms. The van der Waals surface area contributed by atoms with Crippen LogP contribution >= 0.6 is 0 Å². The van der Waals surface area contributed by atoms with Crippen LogP contribution in [-0.4, -0.2) is 24.1 Å². The molecule has 0 saturated carbocycles. The van der Waals surface area contributed by atoms with Crippen LogP contribution in [0.5, 0.6) is 17.2 Å². The molecule has 0 spiro atoms. The van der Waals surface area contributed by atoms with Gasteiger partial charge in [-0.1, -0.05) is 60.6 Å². The molecule has 0 saturated heterocycles. The van der Waals surface area contributed by atoms with E-state index in [1.165, 1.54) is 5.56 Å². The van der Waals surface area contributed by atoms with Crippen molar-refractivity contribution in [3.63, 3.8) is 0 Å². The van der Waals surface area contributed by atoms with Crippen LogP contribution in [0.1, 0.15) is 115 Å². The highest BCUT2D eigenvalue weighted by Crippen LogP contribution is 2.30. The van der Waals surface area contributed by atoms with Crippen molar-refractivity contribution in [2.75, 3.05) is 0 Å². The Bertz CT molecular complexity index is 924. The summed E-state index contributed by atoms with van der Waals surface area (Å²) in [5.74, 6) is 2.35. The molecule has 0 atom stereocenters. The van der Waals surface area contributed by atoms with Gasteiger partial charge in [0.25, 0.3) is 0 Å². The van der Waals surface area contributed by atoms with Crippen LogP contribution in [0, 0.1) is 0 Å². The lowest BCUT2D eigenvalue weighted by molar-refractivity contribution is 0.0972. The maximum atomic E-state index is 13.6. The molecule has 2 rings (SSSR count). The summed E-state index contributed by atoms with van der Waals surface area (Å²) in [6.07, 6.45) is 7.97. The molecule has 0 N–H and O–H groups in total. The minimum Gasteiger partial charge on any atom is -0.490 e. The van der Waals surface area contributed by atoms with E-state index in [1.807, 2.05) is 18.2 Å². The van der Waals surface area contributed by atoms with E-state index < -0.39 is 0 Å². The first kappa shape index (κ1) is 29.7. The summed E-state index contributed by atoms with van der Waals surface area (Å²) in [5.41, 5.74) is 2.97. The van der Waals surface area contributed by atoms with Crippen molar-refractivity contribution in [3.05, 3.63) is 53.1 Å². The van der Waals surface area contributed by atoms with E-state index >= 15 is 0 Å². The Morgan fingerprint density at radius 3 is 1.75 bits per heavy atom. The Labute approximate surface area is 219 Å². The SMILES string of the molecule is CCc1ccc(OC(CC)CC)c(CCC(=O)c2cc(OC(CC)CC)ccc2OC(CC)CC)c1. The van der Waals surface area contributed by atoms with Crippen LogP contribution < -0.4 is 14.2 Å². The number of carbonyl (C=O) groups excluding carboxylic acids is 1. The average molecular weight is 497 g/mol. The van der Waals surface area contributed by atoms with Crippen LogP contribution in [0.15, 0.2) is 36.4 Å². The summed E-state index contributed by atoms with van der Waals surface area (Å²) < 4.78 is 18.8. The van der Waals surface area contributed by atoms with Gasteiger partial charge < -0.3 is 14.2 Å². The molecule has 2 aromatic carbocycles. The molecule has 2 aromatic rings. The molecule has 0 unspecified atom stereocenters. The van der Waals surface area contributed by atoms with E-state index in [9.17, 15) is 4.79 Å². The van der Waals surface area contributed by atoms with E-state index in [2.05, 4.69) is 66.7 Å². The van der Waals surface area contributed by atoms with Crippen LogP contribution in [0.25, 0.3) is 0 Å². The number of aryl methyl sites for hydroxylation is 2. The average Bonchev–Trinajstić information content (AvgIpc) is 2.92. The van der Waals surface area contributed by atoms with Crippen molar-refractivity contribution in [3.8, 4) is 17.2 Å². The first-order valence-corrected chi connectivity index (χ1v) is 14.2. The lowest BCUT2D eigenvalue weighted by Crippen LogP contribution is -2.17. The first-order valence-electron chi connectivity index (χ1n) is 14.2. The second kappa shape index (κ2) is 15.6. The van der Waals surface area contributed by atoms with Gasteiger partial charge in [-0.3, -0.25) is 4.79 Å². The summed E-state index contributed by atoms with van der Waals surface area (Å²) in [6.45, 7) is 14.9. The summed E-state index contributed by atoms with van der Waals surface area (Å²) in [4.78, 5) is 13.6. The largest absolute Gasteiger partial charge is 0.490 e. The van der Waals surface area contributed by atoms with Crippen LogP contribution in [0.3, 0.4) is 0 Å². The quantitative estimate of drug-likeness (QED) is 0.205. The fourth-order valence-electron chi connectivity index (χ4n) is 4.37. The molecule has 0 aliphatic heterocycles. The fourth-order valence-corrected chi connectivity index (χ4v) is 4.37. The third-order valence-electron chi connectivity index (χ3n) is 7.03. The molecule has 0 heterocycles. The number of carbonyl (C=O) groups is 1. The number of hydrogen-bond donors (Lipinski definition) is 0. The van der Waals surface area contributed by atoms with Gasteiger partial charge in [-0.15, -0.1) is 0 Å². The first-order chi connectivity index (χ1) is 17.4. The Kier molecular flexibility index (Phi) is 12.9. The highest BCUT2D eigenvalue weighted by atomic mass is 16.5. The second-order valence-corrected chi connectivity index (χ2v) is 9.55. The van der Waals surface area contributed by atoms with Crippen molar-refractivity contribution in [1.29, 1.82) is 0 Å². The Balaban J connectivity index is 2.32. The van der Waals surface area contributed by atoms with Crippen molar-refractivity contribution in [2.24, 2.45) is 0 Å². The van der Waals surface area contributed by atoms with Gasteiger partial charge in [0.2, 0.25) is 0 Å². The molecule has 0 fully saturated rings. The molecule has 0 aliphatic carbocycles. The van der Waals surface area contributed by atoms with Crippen molar-refractivity contribution < 1.29 is 19.0 Å². The van der Waals surface area contributed by atoms with Crippen molar-refractivity contribution >= 4 is 5.78 Å². The van der Waals surface area contributed by atoms with Gasteiger partial charge in [-0.25, -0.2) is 0 Å². The number of benzene rings is 2. The zero-order valence-electron chi connectivity index (χ0n) is 23.7. The van der Waals surface area contributed by atoms with E-state index in [4.69, 9.17) is 14.2 Å². The number of Topliss-reactive ketones (excluding diaryl/α,β-unsaturated/α-hetero) is 1. The summed E-state index contributed by atoms with van der Waals surface area (Å²) in [5, 5.41) is 0. The third-order valence-corrected chi connectivity index (χ3v) is 7.03. The Hall–Kier alpha value is -2.49. The lowest BCUT2D eigenvalue weighted by atomic mass is 9.99. The lowest BCUT2D eigenvalue weighted by Gasteiger charge is -2.21. The Morgan fingerprint density at radius 1 is 0.667 bits per heavy atom. The standard InChI is InChI=1S/C32H48O4/c1-8-23-15-19-31(35-26(11-4)12-5)24(21-23)16-18-30(33)29-22-28(34-25(9-2)10-3)17-20-32(29)36-27(13-6)14-7/h15,17,19-22,25-27H,8-14,16,18H2,1-7H3. The highest BCUT2D eigenvalue weighted by molar-refractivity contribution is 5.99. The van der Waals surface area contributed by atoms with Crippen LogP contribution in [-0.2, 0) is 12.8 Å². The zero-order chi connectivity index (χ0) is 26.5. The molecular weight excluding hydrogens is 448 g/mol. The van der Waals surface area contributed by atoms with Crippen molar-refractivity contribution in [1.82, 2.24) is 0 Å². The van der Waals surface area contributed by atoms with E-state index in [-0.39, 0.29) is 24.1 Å². The molecule has 0 amide bonds. The topological polar surface area (TPSA) is 44.8 Å². The molecule has 36 heavy (non-hydrogen) atoms. The van der Waals surface area contributed by atoms with Gasteiger partial charge in [0.15, 0.2) is 5.78 Å². The number of ketones is 1. The van der Waals surface area contributed by atoms with E-state index in [0.717, 1.165) is 62.0 Å². The minimum absolute atomic E-state index is 0.0707. The molecule has 200 valence electrons. The van der Waals surface area contributed by atoms with Gasteiger partial charge in [-0.05, 0) is 86.8 Å². The molecule has 0 radical (unpaired) electrons. The number of hydrogen-bond acceptors (Lipinski definition) is 4. The summed E-state index contributed by atoms with van der Waals surface area (Å²) in [7, 11) is 0. The predicted octanol–water partition coefficient (Wildman–Crippen LogP) is 8.77. The van der Waals surface area contributed by atoms with Gasteiger partial charge in [0.05, 0.1) is 23.9 Å². The predicted molar refractivity (Wildman–Crippen MR) is 150 cm³/mol. The monoisotopic (exact) mass is 496 g/mol.